The second-order valence-electron chi connectivity index (χ2n) is 3.65. The number of benzene rings is 1. The molecule has 1 atom stereocenters. The van der Waals surface area contributed by atoms with Crippen LogP contribution in [0.1, 0.15) is 18.1 Å². The van der Waals surface area contributed by atoms with Gasteiger partial charge in [-0.1, -0.05) is 17.7 Å². The van der Waals surface area contributed by atoms with E-state index < -0.39 is 0 Å². The van der Waals surface area contributed by atoms with Crippen LogP contribution in [0.15, 0.2) is 18.2 Å². The van der Waals surface area contributed by atoms with E-state index in [1.54, 1.807) is 7.11 Å². The molecular weight excluding hydrogens is 192 g/mol. The Bertz CT molecular complexity index is 310. The minimum Gasteiger partial charge on any atom is -0.488 e. The molecule has 0 bridgehead atoms. The second-order valence-corrected chi connectivity index (χ2v) is 3.65. The van der Waals surface area contributed by atoms with Crippen LogP contribution in [0.2, 0.25) is 0 Å². The summed E-state index contributed by atoms with van der Waals surface area (Å²) >= 11 is 0. The smallest absolute Gasteiger partial charge is 0.125 e. The Morgan fingerprint density at radius 2 is 2.13 bits per heavy atom. The predicted molar refractivity (Wildman–Crippen MR) is 59.1 cm³/mol. The van der Waals surface area contributed by atoms with E-state index in [0.717, 1.165) is 16.9 Å². The Morgan fingerprint density at radius 3 is 2.73 bits per heavy atom. The van der Waals surface area contributed by atoms with Crippen molar-refractivity contribution in [3.05, 3.63) is 29.3 Å². The molecule has 15 heavy (non-hydrogen) atoms. The van der Waals surface area contributed by atoms with Gasteiger partial charge < -0.3 is 14.6 Å². The molecule has 0 aliphatic heterocycles. The maximum atomic E-state index is 9.17. The molecule has 0 aliphatic carbocycles. The normalized spacial score (nSPS) is 12.5. The summed E-state index contributed by atoms with van der Waals surface area (Å²) in [5.41, 5.74) is 1.93. The lowest BCUT2D eigenvalue weighted by atomic mass is 10.1. The molecule has 0 radical (unpaired) electrons. The zero-order valence-electron chi connectivity index (χ0n) is 9.49. The molecular formula is C12H18O3. The van der Waals surface area contributed by atoms with E-state index in [1.165, 1.54) is 0 Å². The van der Waals surface area contributed by atoms with Gasteiger partial charge in [0.15, 0.2) is 0 Å². The topological polar surface area (TPSA) is 38.7 Å². The fourth-order valence-corrected chi connectivity index (χ4v) is 1.43. The number of hydrogen-bond acceptors (Lipinski definition) is 3. The van der Waals surface area contributed by atoms with Crippen molar-refractivity contribution in [1.29, 1.82) is 0 Å². The van der Waals surface area contributed by atoms with Gasteiger partial charge in [-0.15, -0.1) is 0 Å². The Morgan fingerprint density at radius 1 is 1.40 bits per heavy atom. The maximum Gasteiger partial charge on any atom is 0.125 e. The molecule has 1 N–H and O–H groups in total. The first kappa shape index (κ1) is 12.0. The summed E-state index contributed by atoms with van der Waals surface area (Å²) in [4.78, 5) is 0. The number of rotatable bonds is 5. The van der Waals surface area contributed by atoms with Crippen molar-refractivity contribution in [2.24, 2.45) is 0 Å². The molecule has 1 rings (SSSR count). The molecule has 84 valence electrons. The van der Waals surface area contributed by atoms with Gasteiger partial charge in [-0.25, -0.2) is 0 Å². The van der Waals surface area contributed by atoms with Crippen LogP contribution in [0.3, 0.4) is 0 Å². The molecule has 3 nitrogen and oxygen atoms in total. The Labute approximate surface area is 90.6 Å². The van der Waals surface area contributed by atoms with Crippen LogP contribution in [-0.4, -0.2) is 24.9 Å². The van der Waals surface area contributed by atoms with Crippen LogP contribution >= 0.6 is 0 Å². The average Bonchev–Trinajstić information content (AvgIpc) is 2.21. The quantitative estimate of drug-likeness (QED) is 0.806. The van der Waals surface area contributed by atoms with E-state index in [0.29, 0.717) is 6.61 Å². The number of aliphatic hydroxyl groups excluding tert-OH is 1. The summed E-state index contributed by atoms with van der Waals surface area (Å²) in [7, 11) is 1.64. The Hall–Kier alpha value is -1.06. The minimum atomic E-state index is -0.0111. The highest BCUT2D eigenvalue weighted by atomic mass is 16.5. The van der Waals surface area contributed by atoms with Gasteiger partial charge in [0, 0.05) is 12.7 Å². The molecule has 0 spiro atoms. The van der Waals surface area contributed by atoms with Crippen molar-refractivity contribution < 1.29 is 14.6 Å². The van der Waals surface area contributed by atoms with Crippen LogP contribution in [0.4, 0.5) is 0 Å². The molecule has 0 heterocycles. The van der Waals surface area contributed by atoms with Crippen molar-refractivity contribution in [2.45, 2.75) is 26.6 Å². The molecule has 1 unspecified atom stereocenters. The third-order valence-corrected chi connectivity index (χ3v) is 2.12. The lowest BCUT2D eigenvalue weighted by Gasteiger charge is -2.16. The highest BCUT2D eigenvalue weighted by Crippen LogP contribution is 2.21. The molecule has 0 saturated heterocycles. The number of ether oxygens (including phenoxy) is 2. The number of aliphatic hydroxyl groups is 1. The first-order chi connectivity index (χ1) is 7.17. The van der Waals surface area contributed by atoms with E-state index in [2.05, 4.69) is 0 Å². The zero-order chi connectivity index (χ0) is 11.3. The van der Waals surface area contributed by atoms with Gasteiger partial charge in [-0.3, -0.25) is 0 Å². The number of hydrogen-bond donors (Lipinski definition) is 1. The molecule has 1 aromatic carbocycles. The summed E-state index contributed by atoms with van der Waals surface area (Å²) in [6.45, 7) is 4.46. The minimum absolute atomic E-state index is 0.00326. The van der Waals surface area contributed by atoms with E-state index in [-0.39, 0.29) is 12.7 Å². The standard InChI is InChI=1S/C12H18O3/c1-9-4-5-12(11(6-9)7-13)15-10(2)8-14-3/h4-6,10,13H,7-8H2,1-3H3. The highest BCUT2D eigenvalue weighted by Gasteiger charge is 2.07. The second kappa shape index (κ2) is 5.73. The summed E-state index contributed by atoms with van der Waals surface area (Å²) in [5, 5.41) is 9.17. The molecule has 3 heteroatoms. The van der Waals surface area contributed by atoms with Crippen molar-refractivity contribution in [2.75, 3.05) is 13.7 Å². The summed E-state index contributed by atoms with van der Waals surface area (Å²) in [5.74, 6) is 0.729. The fraction of sp³-hybridized carbons (Fsp3) is 0.500. The Kier molecular flexibility index (Phi) is 4.59. The van der Waals surface area contributed by atoms with Crippen LogP contribution in [-0.2, 0) is 11.3 Å². The van der Waals surface area contributed by atoms with Crippen LogP contribution in [0.5, 0.6) is 5.75 Å². The fourth-order valence-electron chi connectivity index (χ4n) is 1.43. The van der Waals surface area contributed by atoms with Gasteiger partial charge >= 0.3 is 0 Å². The number of aryl methyl sites for hydroxylation is 1. The van der Waals surface area contributed by atoms with Crippen molar-refractivity contribution in [1.82, 2.24) is 0 Å². The van der Waals surface area contributed by atoms with E-state index in [1.807, 2.05) is 32.0 Å². The van der Waals surface area contributed by atoms with Crippen molar-refractivity contribution in [3.63, 3.8) is 0 Å². The van der Waals surface area contributed by atoms with Crippen LogP contribution < -0.4 is 4.74 Å². The van der Waals surface area contributed by atoms with Gasteiger partial charge in [0.1, 0.15) is 11.9 Å². The molecule has 1 aromatic rings. The number of methoxy groups -OCH3 is 1. The van der Waals surface area contributed by atoms with E-state index in [9.17, 15) is 5.11 Å². The monoisotopic (exact) mass is 210 g/mol. The lowest BCUT2D eigenvalue weighted by Crippen LogP contribution is -2.18. The summed E-state index contributed by atoms with van der Waals surface area (Å²) in [6.07, 6.45) is -0.0111. The highest BCUT2D eigenvalue weighted by molar-refractivity contribution is 5.36. The van der Waals surface area contributed by atoms with E-state index >= 15 is 0 Å². The van der Waals surface area contributed by atoms with Gasteiger partial charge in [0.05, 0.1) is 13.2 Å². The third kappa shape index (κ3) is 3.53. The molecule has 0 saturated carbocycles. The lowest BCUT2D eigenvalue weighted by molar-refractivity contribution is 0.0903. The largest absolute Gasteiger partial charge is 0.488 e. The van der Waals surface area contributed by atoms with Crippen LogP contribution in [0.25, 0.3) is 0 Å². The van der Waals surface area contributed by atoms with E-state index in [4.69, 9.17) is 9.47 Å². The molecule has 0 aliphatic rings. The maximum absolute atomic E-state index is 9.17. The Balaban J connectivity index is 2.75. The summed E-state index contributed by atoms with van der Waals surface area (Å²) in [6, 6.07) is 5.77. The molecule has 0 fully saturated rings. The van der Waals surface area contributed by atoms with Crippen LogP contribution in [0, 0.1) is 6.92 Å². The van der Waals surface area contributed by atoms with Gasteiger partial charge in [-0.05, 0) is 19.9 Å². The van der Waals surface area contributed by atoms with Gasteiger partial charge in [0.25, 0.3) is 0 Å². The van der Waals surface area contributed by atoms with Crippen molar-refractivity contribution >= 4 is 0 Å². The van der Waals surface area contributed by atoms with Gasteiger partial charge in [0.2, 0.25) is 0 Å². The summed E-state index contributed by atoms with van der Waals surface area (Å²) < 4.78 is 10.6. The SMILES string of the molecule is COCC(C)Oc1ccc(C)cc1CO. The molecule has 0 aromatic heterocycles. The first-order valence-electron chi connectivity index (χ1n) is 5.03. The van der Waals surface area contributed by atoms with Crippen molar-refractivity contribution in [3.8, 4) is 5.75 Å². The first-order valence-corrected chi connectivity index (χ1v) is 5.03. The molecule has 0 amide bonds. The average molecular weight is 210 g/mol. The van der Waals surface area contributed by atoms with Gasteiger partial charge in [-0.2, -0.15) is 0 Å². The zero-order valence-corrected chi connectivity index (χ0v) is 9.49. The predicted octanol–water partition coefficient (Wildman–Crippen LogP) is 1.90. The third-order valence-electron chi connectivity index (χ3n) is 2.12.